The maximum absolute atomic E-state index is 11.8. The van der Waals surface area contributed by atoms with Crippen molar-refractivity contribution < 1.29 is 19.1 Å². The number of benzene rings is 1. The lowest BCUT2D eigenvalue weighted by molar-refractivity contribution is -0.162. The van der Waals surface area contributed by atoms with Crippen LogP contribution in [0.3, 0.4) is 0 Å². The molecule has 0 radical (unpaired) electrons. The molecule has 1 atom stereocenters. The van der Waals surface area contributed by atoms with Gasteiger partial charge in [0.15, 0.2) is 0 Å². The average molecular weight is 368 g/mol. The number of hydrogen-bond acceptors (Lipinski definition) is 6. The lowest BCUT2D eigenvalue weighted by Crippen LogP contribution is -2.21. The summed E-state index contributed by atoms with van der Waals surface area (Å²) in [6, 6.07) is 11.5. The fourth-order valence-electron chi connectivity index (χ4n) is 2.82. The first-order valence-electron chi connectivity index (χ1n) is 9.10. The third kappa shape index (κ3) is 5.37. The number of methoxy groups -OCH3 is 1. The summed E-state index contributed by atoms with van der Waals surface area (Å²) in [4.78, 5) is 21.9. The molecule has 1 aliphatic heterocycles. The minimum absolute atomic E-state index is 0.337. The maximum Gasteiger partial charge on any atom is 0.337 e. The fraction of sp³-hybridized carbons (Fsp3) is 0.381. The largest absolute Gasteiger partial charge is 0.465 e. The first-order chi connectivity index (χ1) is 13.2. The maximum atomic E-state index is 11.8. The molecule has 1 unspecified atom stereocenters. The number of rotatable bonds is 6. The number of carbonyl (C=O) groups excluding carboxylic acids is 1. The van der Waals surface area contributed by atoms with Gasteiger partial charge in [0, 0.05) is 19.0 Å². The monoisotopic (exact) mass is 368 g/mol. The molecule has 2 heterocycles. The molecule has 3 rings (SSSR count). The molecule has 27 heavy (non-hydrogen) atoms. The normalized spacial score (nSPS) is 17.4. The van der Waals surface area contributed by atoms with Crippen molar-refractivity contribution in [3.8, 4) is 0 Å². The number of aryl methyl sites for hydroxylation is 1. The van der Waals surface area contributed by atoms with Gasteiger partial charge in [0.2, 0.25) is 6.29 Å². The van der Waals surface area contributed by atoms with E-state index in [4.69, 9.17) is 14.3 Å². The van der Waals surface area contributed by atoms with Crippen LogP contribution in [0.15, 0.2) is 47.8 Å². The van der Waals surface area contributed by atoms with E-state index >= 15 is 0 Å². The molecule has 1 aliphatic rings. The van der Waals surface area contributed by atoms with Crippen LogP contribution in [0.4, 0.5) is 0 Å². The molecule has 0 spiro atoms. The van der Waals surface area contributed by atoms with Crippen LogP contribution in [0.2, 0.25) is 0 Å². The highest BCUT2D eigenvalue weighted by molar-refractivity contribution is 6.01. The molecule has 0 bridgehead atoms. The summed E-state index contributed by atoms with van der Waals surface area (Å²) in [5.41, 5.74) is 3.91. The Labute approximate surface area is 159 Å². The van der Waals surface area contributed by atoms with E-state index in [1.807, 2.05) is 19.1 Å². The van der Waals surface area contributed by atoms with Crippen molar-refractivity contribution in [2.24, 2.45) is 5.16 Å². The Morgan fingerprint density at radius 3 is 2.78 bits per heavy atom. The molecular formula is C21H24N2O4. The summed E-state index contributed by atoms with van der Waals surface area (Å²) in [5, 5.41) is 4.34. The first kappa shape index (κ1) is 19.0. The van der Waals surface area contributed by atoms with Crippen LogP contribution in [0.5, 0.6) is 0 Å². The van der Waals surface area contributed by atoms with Gasteiger partial charge in [0.25, 0.3) is 0 Å². The lowest BCUT2D eigenvalue weighted by Gasteiger charge is -2.20. The number of hydrogen-bond donors (Lipinski definition) is 0. The third-order valence-electron chi connectivity index (χ3n) is 4.39. The van der Waals surface area contributed by atoms with E-state index in [9.17, 15) is 4.79 Å². The molecule has 6 nitrogen and oxygen atoms in total. The molecule has 0 saturated carbocycles. The fourth-order valence-corrected chi connectivity index (χ4v) is 2.82. The predicted molar refractivity (Wildman–Crippen MR) is 102 cm³/mol. The SMILES string of the molecule is COC(=O)c1ccnc(/C(Cc2ccc(C)cc2)=N/OC2CCCCO2)c1. The van der Waals surface area contributed by atoms with Crippen LogP contribution in [-0.2, 0) is 20.7 Å². The lowest BCUT2D eigenvalue weighted by atomic mass is 10.0. The standard InChI is InChI=1S/C21H24N2O4/c1-15-6-8-16(9-7-15)13-19(23-27-20-5-3-4-12-26-20)18-14-17(10-11-22-18)21(24)25-2/h6-11,14,20H,3-5,12-13H2,1-2H3/b23-19+. The van der Waals surface area contributed by atoms with Crippen molar-refractivity contribution in [1.29, 1.82) is 0 Å². The van der Waals surface area contributed by atoms with Gasteiger partial charge in [-0.1, -0.05) is 35.0 Å². The van der Waals surface area contributed by atoms with Crippen molar-refractivity contribution in [2.45, 2.75) is 38.9 Å². The van der Waals surface area contributed by atoms with Gasteiger partial charge in [0.05, 0.1) is 25.0 Å². The number of nitrogens with zero attached hydrogens (tertiary/aromatic N) is 2. The molecule has 1 aromatic heterocycles. The molecule has 1 aromatic carbocycles. The van der Waals surface area contributed by atoms with Crippen molar-refractivity contribution in [3.63, 3.8) is 0 Å². The quantitative estimate of drug-likeness (QED) is 0.442. The summed E-state index contributed by atoms with van der Waals surface area (Å²) in [6.45, 7) is 2.73. The van der Waals surface area contributed by atoms with Gasteiger partial charge in [-0.2, -0.15) is 0 Å². The number of carbonyl (C=O) groups is 1. The Hall–Kier alpha value is -2.73. The molecule has 0 amide bonds. The topological polar surface area (TPSA) is 70.0 Å². The van der Waals surface area contributed by atoms with Crippen LogP contribution in [0.25, 0.3) is 0 Å². The molecule has 142 valence electrons. The Kier molecular flexibility index (Phi) is 6.54. The van der Waals surface area contributed by atoms with E-state index < -0.39 is 5.97 Å². The molecular weight excluding hydrogens is 344 g/mol. The summed E-state index contributed by atoms with van der Waals surface area (Å²) in [7, 11) is 1.35. The van der Waals surface area contributed by atoms with Crippen LogP contribution < -0.4 is 0 Å². The highest BCUT2D eigenvalue weighted by Gasteiger charge is 2.17. The van der Waals surface area contributed by atoms with Crippen LogP contribution >= 0.6 is 0 Å². The van der Waals surface area contributed by atoms with Gasteiger partial charge in [0.1, 0.15) is 5.71 Å². The Balaban J connectivity index is 1.86. The highest BCUT2D eigenvalue weighted by Crippen LogP contribution is 2.16. The number of aromatic nitrogens is 1. The van der Waals surface area contributed by atoms with Crippen molar-refractivity contribution in [2.75, 3.05) is 13.7 Å². The van der Waals surface area contributed by atoms with Gasteiger partial charge >= 0.3 is 5.97 Å². The van der Waals surface area contributed by atoms with Gasteiger partial charge in [-0.25, -0.2) is 4.79 Å². The van der Waals surface area contributed by atoms with E-state index in [1.54, 1.807) is 18.3 Å². The van der Waals surface area contributed by atoms with Gasteiger partial charge in [-0.05, 0) is 37.5 Å². The van der Waals surface area contributed by atoms with E-state index in [2.05, 4.69) is 22.3 Å². The third-order valence-corrected chi connectivity index (χ3v) is 4.39. The second kappa shape index (κ2) is 9.28. The molecule has 6 heteroatoms. The zero-order chi connectivity index (χ0) is 19.1. The second-order valence-electron chi connectivity index (χ2n) is 6.52. The number of oxime groups is 1. The Morgan fingerprint density at radius 2 is 2.07 bits per heavy atom. The van der Waals surface area contributed by atoms with Crippen molar-refractivity contribution >= 4 is 11.7 Å². The molecule has 0 aliphatic carbocycles. The zero-order valence-corrected chi connectivity index (χ0v) is 15.7. The van der Waals surface area contributed by atoms with Gasteiger partial charge in [-0.15, -0.1) is 0 Å². The summed E-state index contributed by atoms with van der Waals surface area (Å²) < 4.78 is 10.4. The van der Waals surface area contributed by atoms with Crippen molar-refractivity contribution in [1.82, 2.24) is 4.98 Å². The van der Waals surface area contributed by atoms with Crippen LogP contribution in [-0.4, -0.2) is 36.7 Å². The van der Waals surface area contributed by atoms with Gasteiger partial charge < -0.3 is 14.3 Å². The predicted octanol–water partition coefficient (Wildman–Crippen LogP) is 3.67. The van der Waals surface area contributed by atoms with Crippen LogP contribution in [0, 0.1) is 6.92 Å². The molecule has 1 fully saturated rings. The van der Waals surface area contributed by atoms with E-state index in [0.717, 1.165) is 24.8 Å². The van der Waals surface area contributed by atoms with Crippen molar-refractivity contribution in [3.05, 3.63) is 65.0 Å². The molecule has 0 N–H and O–H groups in total. The first-order valence-corrected chi connectivity index (χ1v) is 9.10. The number of pyridine rings is 1. The van der Waals surface area contributed by atoms with E-state index in [-0.39, 0.29) is 6.29 Å². The average Bonchev–Trinajstić information content (AvgIpc) is 2.72. The summed E-state index contributed by atoms with van der Waals surface area (Å²) in [5.74, 6) is -0.412. The number of ether oxygens (including phenoxy) is 2. The highest BCUT2D eigenvalue weighted by atomic mass is 16.8. The smallest absolute Gasteiger partial charge is 0.337 e. The molecule has 1 saturated heterocycles. The van der Waals surface area contributed by atoms with Crippen LogP contribution in [0.1, 0.15) is 46.4 Å². The Bertz CT molecular complexity index is 796. The van der Waals surface area contributed by atoms with Gasteiger partial charge in [-0.3, -0.25) is 4.98 Å². The second-order valence-corrected chi connectivity index (χ2v) is 6.52. The number of esters is 1. The Morgan fingerprint density at radius 1 is 1.26 bits per heavy atom. The molecule has 2 aromatic rings. The van der Waals surface area contributed by atoms with E-state index in [1.165, 1.54) is 12.7 Å². The zero-order valence-electron chi connectivity index (χ0n) is 15.7. The summed E-state index contributed by atoms with van der Waals surface area (Å²) in [6.07, 6.45) is 4.69. The minimum Gasteiger partial charge on any atom is -0.465 e. The van der Waals surface area contributed by atoms with E-state index in [0.29, 0.717) is 30.0 Å². The minimum atomic E-state index is -0.412. The summed E-state index contributed by atoms with van der Waals surface area (Å²) >= 11 is 0.